The maximum atomic E-state index is 12.9. The van der Waals surface area contributed by atoms with Gasteiger partial charge in [0.2, 0.25) is 20.0 Å². The molecule has 0 aliphatic carbocycles. The Morgan fingerprint density at radius 1 is 1.21 bits per heavy atom. The minimum Gasteiger partial charge on any atom is -0.319 e. The van der Waals surface area contributed by atoms with Gasteiger partial charge < -0.3 is 5.32 Å². The van der Waals surface area contributed by atoms with Crippen molar-refractivity contribution in [2.75, 3.05) is 40.8 Å². The number of nitrogens with zero attached hydrogens (tertiary/aromatic N) is 2. The summed E-state index contributed by atoms with van der Waals surface area (Å²) in [4.78, 5) is 0.00731. The molecular weight excluding hydrogens is 350 g/mol. The van der Waals surface area contributed by atoms with Crippen LogP contribution in [0.25, 0.3) is 0 Å². The highest BCUT2D eigenvalue weighted by molar-refractivity contribution is 7.90. The maximum Gasteiger partial charge on any atom is 0.243 e. The van der Waals surface area contributed by atoms with E-state index in [4.69, 9.17) is 0 Å². The average molecular weight is 376 g/mol. The predicted molar refractivity (Wildman–Crippen MR) is 92.7 cm³/mol. The van der Waals surface area contributed by atoms with Crippen LogP contribution in [0.4, 0.5) is 0 Å². The predicted octanol–water partition coefficient (Wildman–Crippen LogP) is 0.557. The van der Waals surface area contributed by atoms with Crippen molar-refractivity contribution in [2.24, 2.45) is 5.92 Å². The van der Waals surface area contributed by atoms with Crippen LogP contribution in [0, 0.1) is 5.92 Å². The van der Waals surface area contributed by atoms with Crippen molar-refractivity contribution in [1.82, 2.24) is 13.9 Å². The van der Waals surface area contributed by atoms with E-state index < -0.39 is 20.0 Å². The Balaban J connectivity index is 2.33. The lowest BCUT2D eigenvalue weighted by molar-refractivity contribution is 0.263. The van der Waals surface area contributed by atoms with Crippen molar-refractivity contribution in [3.05, 3.63) is 24.3 Å². The molecule has 0 saturated carbocycles. The number of nitrogens with one attached hydrogen (secondary N) is 1. The lowest BCUT2D eigenvalue weighted by Gasteiger charge is -2.32. The zero-order chi connectivity index (χ0) is 18.0. The van der Waals surface area contributed by atoms with Gasteiger partial charge in [0.1, 0.15) is 0 Å². The lowest BCUT2D eigenvalue weighted by Crippen LogP contribution is -2.42. The molecule has 0 aromatic heterocycles. The second-order valence-electron chi connectivity index (χ2n) is 6.19. The molecule has 1 aromatic carbocycles. The van der Waals surface area contributed by atoms with E-state index in [0.29, 0.717) is 13.1 Å². The van der Waals surface area contributed by atoms with Crippen molar-refractivity contribution in [1.29, 1.82) is 0 Å². The van der Waals surface area contributed by atoms with Gasteiger partial charge in [-0.25, -0.2) is 21.1 Å². The standard InChI is InChI=1S/C15H25N3O4S2/c1-16-11-13-6-5-9-18(12-13)24(21,22)15-8-4-7-14(10-15)23(19,20)17(2)3/h4,7-8,10,13,16H,5-6,9,11-12H2,1-3H3. The number of benzene rings is 1. The fourth-order valence-electron chi connectivity index (χ4n) is 2.86. The molecule has 9 heteroatoms. The van der Waals surface area contributed by atoms with Crippen LogP contribution in [0.3, 0.4) is 0 Å². The Kier molecular flexibility index (Phi) is 6.03. The molecule has 1 aliphatic heterocycles. The van der Waals surface area contributed by atoms with E-state index in [0.717, 1.165) is 23.7 Å². The molecule has 2 rings (SSSR count). The highest BCUT2D eigenvalue weighted by atomic mass is 32.2. The molecule has 1 unspecified atom stereocenters. The first-order valence-electron chi connectivity index (χ1n) is 7.87. The van der Waals surface area contributed by atoms with Crippen molar-refractivity contribution < 1.29 is 16.8 Å². The Bertz CT molecular complexity index is 774. The molecular formula is C15H25N3O4S2. The van der Waals surface area contributed by atoms with E-state index in [-0.39, 0.29) is 15.7 Å². The number of hydrogen-bond donors (Lipinski definition) is 1. The summed E-state index contributed by atoms with van der Waals surface area (Å²) >= 11 is 0. The van der Waals surface area contributed by atoms with Gasteiger partial charge in [-0.3, -0.25) is 0 Å². The van der Waals surface area contributed by atoms with E-state index >= 15 is 0 Å². The summed E-state index contributed by atoms with van der Waals surface area (Å²) < 4.78 is 52.8. The molecule has 0 spiro atoms. The highest BCUT2D eigenvalue weighted by Crippen LogP contribution is 2.25. The number of rotatable bonds is 6. The molecule has 136 valence electrons. The third-order valence-corrected chi connectivity index (χ3v) is 7.87. The monoisotopic (exact) mass is 375 g/mol. The number of piperidine rings is 1. The molecule has 1 aliphatic rings. The SMILES string of the molecule is CNCC1CCCN(S(=O)(=O)c2cccc(S(=O)(=O)N(C)C)c2)C1. The zero-order valence-corrected chi connectivity index (χ0v) is 15.9. The number of sulfonamides is 2. The van der Waals surface area contributed by atoms with Crippen molar-refractivity contribution in [2.45, 2.75) is 22.6 Å². The highest BCUT2D eigenvalue weighted by Gasteiger charge is 2.31. The lowest BCUT2D eigenvalue weighted by atomic mass is 10.00. The van der Waals surface area contributed by atoms with Crippen LogP contribution < -0.4 is 5.32 Å². The molecule has 0 amide bonds. The van der Waals surface area contributed by atoms with E-state index in [1.807, 2.05) is 7.05 Å². The summed E-state index contributed by atoms with van der Waals surface area (Å²) in [6.07, 6.45) is 1.79. The molecule has 7 nitrogen and oxygen atoms in total. The largest absolute Gasteiger partial charge is 0.319 e. The topological polar surface area (TPSA) is 86.8 Å². The minimum atomic E-state index is -3.70. The molecule has 0 radical (unpaired) electrons. The van der Waals surface area contributed by atoms with Gasteiger partial charge in [-0.1, -0.05) is 6.07 Å². The second kappa shape index (κ2) is 7.49. The molecule has 1 N–H and O–H groups in total. The van der Waals surface area contributed by atoms with Crippen LogP contribution >= 0.6 is 0 Å². The average Bonchev–Trinajstić information content (AvgIpc) is 2.55. The van der Waals surface area contributed by atoms with Crippen molar-refractivity contribution in [3.63, 3.8) is 0 Å². The number of hydrogen-bond acceptors (Lipinski definition) is 5. The fourth-order valence-corrected chi connectivity index (χ4v) is 5.48. The van der Waals surface area contributed by atoms with Gasteiger partial charge in [0, 0.05) is 27.2 Å². The summed E-state index contributed by atoms with van der Waals surface area (Å²) in [5.41, 5.74) is 0. The second-order valence-corrected chi connectivity index (χ2v) is 10.3. The van der Waals surface area contributed by atoms with E-state index in [1.54, 1.807) is 0 Å². The Morgan fingerprint density at radius 2 is 1.88 bits per heavy atom. The molecule has 24 heavy (non-hydrogen) atoms. The van der Waals surface area contributed by atoms with Gasteiger partial charge in [-0.2, -0.15) is 4.31 Å². The van der Waals surface area contributed by atoms with Crippen LogP contribution in [0.5, 0.6) is 0 Å². The van der Waals surface area contributed by atoms with E-state index in [2.05, 4.69) is 5.32 Å². The minimum absolute atomic E-state index is 0.0163. The van der Waals surface area contributed by atoms with E-state index in [1.165, 1.54) is 42.7 Å². The Hall–Kier alpha value is -1.00. The Morgan fingerprint density at radius 3 is 2.50 bits per heavy atom. The van der Waals surface area contributed by atoms with E-state index in [9.17, 15) is 16.8 Å². The molecule has 1 atom stereocenters. The zero-order valence-electron chi connectivity index (χ0n) is 14.3. The summed E-state index contributed by atoms with van der Waals surface area (Å²) in [6.45, 7) is 1.68. The first kappa shape index (κ1) is 19.3. The quantitative estimate of drug-likeness (QED) is 0.785. The molecule has 0 bridgehead atoms. The van der Waals surface area contributed by atoms with Gasteiger partial charge >= 0.3 is 0 Å². The normalized spacial score (nSPS) is 20.4. The summed E-state index contributed by atoms with van der Waals surface area (Å²) in [6, 6.07) is 5.57. The fraction of sp³-hybridized carbons (Fsp3) is 0.600. The first-order chi connectivity index (χ1) is 11.2. The maximum absolute atomic E-state index is 12.9. The van der Waals surface area contributed by atoms with Gasteiger partial charge in [0.05, 0.1) is 9.79 Å². The smallest absolute Gasteiger partial charge is 0.243 e. The van der Waals surface area contributed by atoms with Gasteiger partial charge in [0.15, 0.2) is 0 Å². The van der Waals surface area contributed by atoms with Crippen LogP contribution in [0.15, 0.2) is 34.1 Å². The summed E-state index contributed by atoms with van der Waals surface area (Å²) in [5.74, 6) is 0.271. The van der Waals surface area contributed by atoms with Gasteiger partial charge in [-0.15, -0.1) is 0 Å². The third kappa shape index (κ3) is 3.97. The van der Waals surface area contributed by atoms with Crippen molar-refractivity contribution in [3.8, 4) is 0 Å². The van der Waals surface area contributed by atoms with Gasteiger partial charge in [-0.05, 0) is 50.6 Å². The van der Waals surface area contributed by atoms with Crippen molar-refractivity contribution >= 4 is 20.0 Å². The van der Waals surface area contributed by atoms with Crippen LogP contribution in [0.2, 0.25) is 0 Å². The van der Waals surface area contributed by atoms with Crippen LogP contribution in [-0.4, -0.2) is 66.2 Å². The first-order valence-corrected chi connectivity index (χ1v) is 10.7. The Labute approximate surface area is 144 Å². The molecule has 1 heterocycles. The molecule has 1 fully saturated rings. The third-order valence-electron chi connectivity index (χ3n) is 4.20. The van der Waals surface area contributed by atoms with Crippen LogP contribution in [0.1, 0.15) is 12.8 Å². The summed E-state index contributed by atoms with van der Waals surface area (Å²) in [7, 11) is -2.68. The summed E-state index contributed by atoms with van der Waals surface area (Å²) in [5, 5.41) is 3.08. The molecule has 1 aromatic rings. The van der Waals surface area contributed by atoms with Gasteiger partial charge in [0.25, 0.3) is 0 Å². The van der Waals surface area contributed by atoms with Crippen LogP contribution in [-0.2, 0) is 20.0 Å². The molecule has 1 saturated heterocycles.